The number of rotatable bonds is 15. The van der Waals surface area contributed by atoms with Gasteiger partial charge in [0.15, 0.2) is 0 Å². The second kappa shape index (κ2) is 35.2. The highest BCUT2D eigenvalue weighted by Gasteiger charge is 2.52. The number of hydrogen-bond donors (Lipinski definition) is 0. The molecule has 4 aliphatic heterocycles. The van der Waals surface area contributed by atoms with Gasteiger partial charge >= 0.3 is 0 Å². The molecule has 0 fully saturated rings. The summed E-state index contributed by atoms with van der Waals surface area (Å²) >= 11 is 0. The Labute approximate surface area is 868 Å². The summed E-state index contributed by atoms with van der Waals surface area (Å²) in [4.78, 5) is 10.3. The third kappa shape index (κ3) is 14.3. The summed E-state index contributed by atoms with van der Waals surface area (Å²) in [7, 11) is 0. The van der Waals surface area contributed by atoms with Gasteiger partial charge in [-0.25, -0.2) is 0 Å². The van der Waals surface area contributed by atoms with Crippen LogP contribution in [0.25, 0.3) is 199 Å². The zero-order valence-corrected chi connectivity index (χ0v) is 81.8. The van der Waals surface area contributed by atoms with E-state index in [1.54, 1.807) is 0 Å². The number of benzene rings is 23. The Morgan fingerprint density at radius 3 is 0.800 bits per heavy atom. The van der Waals surface area contributed by atoms with Crippen molar-refractivity contribution in [2.75, 3.05) is 19.6 Å². The number of hydrogen-bond acceptors (Lipinski definition) is 6. The van der Waals surface area contributed by atoms with Gasteiger partial charge in [-0.15, -0.1) is 0 Å². The minimum Gasteiger partial charge on any atom is -0.456 e. The molecule has 8 heteroatoms. The van der Waals surface area contributed by atoms with Crippen LogP contribution in [-0.4, -0.2) is 21.5 Å². The third-order valence-electron chi connectivity index (χ3n) is 31.7. The monoisotopic (exact) mass is 1910 g/mol. The van der Waals surface area contributed by atoms with Gasteiger partial charge in [-0.1, -0.05) is 364 Å². The highest BCUT2D eigenvalue weighted by Crippen LogP contribution is 2.62. The van der Waals surface area contributed by atoms with E-state index in [1.165, 1.54) is 183 Å². The first-order valence-corrected chi connectivity index (χ1v) is 51.8. The van der Waals surface area contributed by atoms with Crippen LogP contribution in [0.5, 0.6) is 0 Å². The molecular weight excluding hydrogens is 1820 g/mol. The van der Waals surface area contributed by atoms with Gasteiger partial charge in [0.1, 0.15) is 34.7 Å². The summed E-state index contributed by atoms with van der Waals surface area (Å²) in [5.41, 5.74) is 46.7. The Balaban J connectivity index is 0.000000138. The van der Waals surface area contributed by atoms with Gasteiger partial charge in [-0.05, 0) is 304 Å². The summed E-state index contributed by atoms with van der Waals surface area (Å²) < 4.78 is 18.2. The highest BCUT2D eigenvalue weighted by molar-refractivity contribution is 6.14. The van der Waals surface area contributed by atoms with E-state index < -0.39 is 0 Å². The first-order valence-electron chi connectivity index (χ1n) is 51.8. The van der Waals surface area contributed by atoms with Gasteiger partial charge in [0, 0.05) is 100.0 Å². The molecule has 8 heterocycles. The van der Waals surface area contributed by atoms with Crippen LogP contribution in [0.4, 0.5) is 45.5 Å². The molecule has 31 rings (SSSR count). The van der Waals surface area contributed by atoms with E-state index in [1.807, 2.05) is 0 Å². The van der Waals surface area contributed by atoms with Crippen LogP contribution in [0.2, 0.25) is 0 Å². The van der Waals surface area contributed by atoms with Crippen LogP contribution < -0.4 is 19.6 Å². The topological polar surface area (TPSA) is 49.1 Å². The van der Waals surface area contributed by atoms with Crippen LogP contribution >= 0.6 is 0 Å². The lowest BCUT2D eigenvalue weighted by molar-refractivity contribution is 0.665. The maximum absolute atomic E-state index is 6.70. The van der Waals surface area contributed by atoms with Gasteiger partial charge in [-0.2, -0.15) is 0 Å². The van der Waals surface area contributed by atoms with Gasteiger partial charge in [0.25, 0.3) is 0 Å². The van der Waals surface area contributed by atoms with Gasteiger partial charge < -0.3 is 37.6 Å². The van der Waals surface area contributed by atoms with Crippen LogP contribution in [-0.2, 0) is 0 Å². The quantitative estimate of drug-likeness (QED) is 0.102. The Morgan fingerprint density at radius 2 is 0.393 bits per heavy atom. The van der Waals surface area contributed by atoms with Crippen molar-refractivity contribution in [3.05, 3.63) is 568 Å². The van der Waals surface area contributed by atoms with E-state index >= 15 is 0 Å². The minimum atomic E-state index is -0.0712. The summed E-state index contributed by atoms with van der Waals surface area (Å²) in [6.07, 6.45) is -0.124. The van der Waals surface area contributed by atoms with Crippen molar-refractivity contribution in [3.63, 3.8) is 0 Å². The van der Waals surface area contributed by atoms with Crippen LogP contribution in [0.15, 0.2) is 555 Å². The molecule has 0 aliphatic carbocycles. The van der Waals surface area contributed by atoms with Crippen molar-refractivity contribution in [2.45, 2.75) is 24.2 Å². The molecule has 8 nitrogen and oxygen atoms in total. The first kappa shape index (κ1) is 86.0. The maximum atomic E-state index is 6.70. The average molecular weight is 1920 g/mol. The zero-order valence-electron chi connectivity index (χ0n) is 81.8. The average Bonchev–Trinajstić information content (AvgIpc) is 1.53. The second-order valence-corrected chi connectivity index (χ2v) is 40.1. The fourth-order valence-electron chi connectivity index (χ4n) is 24.9. The summed E-state index contributed by atoms with van der Waals surface area (Å²) in [6.45, 7) is 0. The van der Waals surface area contributed by atoms with Crippen LogP contribution in [0.1, 0.15) is 34.1 Å². The third-order valence-corrected chi connectivity index (χ3v) is 31.7. The molecular formula is C142H94N6O2. The largest absolute Gasteiger partial charge is 0.456 e. The number of aromatic nitrogens is 2. The molecule has 0 saturated carbocycles. The van der Waals surface area contributed by atoms with E-state index in [0.29, 0.717) is 0 Å². The predicted molar refractivity (Wildman–Crippen MR) is 624 cm³/mol. The lowest BCUT2D eigenvalue weighted by atomic mass is 9.93. The predicted octanol–water partition coefficient (Wildman–Crippen LogP) is 37.9. The standard InChI is InChI=1S/C74H49N3O.C68H45N3O/c1-4-17-48(18-5-1)50-21-14-22-51(41-50)52-23-15-24-53(42-52)54-25-16-26-55(43-54)56-34-39-71-65(44-56)66-46-59(36-40-72(66)78-71)77-70-47-60(35-38-64(70)73-63-30-11-13-32-68(63)76(74(73)77)58-27-8-3-9-28-58)75-67-31-12-10-29-61(67)62-37-33-57(45-69(62)75)49-19-6-2-7-20-49;1-4-16-44(17-5-1)46-20-14-21-47(38-46)48-22-15-23-49(39-48)51-30-35-63-58(40-51)55-26-10-12-28-61(55)69(63)54-32-34-57-64(43-54)71(68-67(57)56-27-11-13-29-62(56)70(68)52-24-8-3-9-25-52)53-33-37-66-60(42-53)59-41-50(31-36-65(59)72-66)45-18-6-2-7-19-45/h1-47,73-74H;1-43,67-68H. The molecule has 0 saturated heterocycles. The van der Waals surface area contributed by atoms with Crippen molar-refractivity contribution >= 4 is 133 Å². The number of para-hydroxylation sites is 6. The van der Waals surface area contributed by atoms with E-state index in [9.17, 15) is 0 Å². The second-order valence-electron chi connectivity index (χ2n) is 40.1. The SMILES string of the molecule is c1ccc(-c2cccc(-c3cccc(-c4ccc5c(c4)c4ccccc4n5-c4ccc5c(c4)N(c4ccc6oc7ccc(-c8ccccc8)cc7c6c4)C4C5c5ccccc5N4c4ccccc4)c3)c2)cc1.c1ccc(-c2cccc(-c3cccc(-c4cccc(-c5ccc6oc7ccc(N8c9cc(-n%10c%11ccccc%11c%11ccc(-c%12ccccc%12)cc%11%10)ccc9C9c%10ccccc%10N(c%10ccccc%10)C98)cc7c6c5)c4)c3)c2)cc1. The van der Waals surface area contributed by atoms with Gasteiger partial charge in [0.05, 0.1) is 33.9 Å². The highest BCUT2D eigenvalue weighted by atomic mass is 16.3. The molecule has 4 aliphatic rings. The molecule has 0 bridgehead atoms. The Morgan fingerprint density at radius 1 is 0.133 bits per heavy atom. The smallest absolute Gasteiger partial charge is 0.135 e. The fraction of sp³-hybridized carbons (Fsp3) is 0.0282. The minimum absolute atomic E-state index is 0.0529. The van der Waals surface area contributed by atoms with Crippen LogP contribution in [0, 0.1) is 0 Å². The molecule has 4 atom stereocenters. The number of furan rings is 2. The van der Waals surface area contributed by atoms with E-state index in [4.69, 9.17) is 8.83 Å². The van der Waals surface area contributed by atoms with Gasteiger partial charge in [0.2, 0.25) is 0 Å². The Hall–Kier alpha value is -19.5. The number of nitrogens with zero attached hydrogens (tertiary/aromatic N) is 6. The molecule has 704 valence electrons. The molecule has 4 aromatic heterocycles. The number of anilines is 8. The Bertz CT molecular complexity index is 10000. The fourth-order valence-corrected chi connectivity index (χ4v) is 24.9. The molecule has 4 unspecified atom stereocenters. The van der Waals surface area contributed by atoms with E-state index in [-0.39, 0.29) is 24.2 Å². The Kier molecular flexibility index (Phi) is 20.2. The van der Waals surface area contributed by atoms with Crippen molar-refractivity contribution in [1.82, 2.24) is 9.13 Å². The molecule has 0 spiro atoms. The van der Waals surface area contributed by atoms with Crippen molar-refractivity contribution < 1.29 is 8.83 Å². The lowest BCUT2D eigenvalue weighted by Crippen LogP contribution is -2.40. The van der Waals surface area contributed by atoms with Crippen molar-refractivity contribution in [3.8, 4) is 112 Å². The van der Waals surface area contributed by atoms with Crippen molar-refractivity contribution in [1.29, 1.82) is 0 Å². The summed E-state index contributed by atoms with van der Waals surface area (Å²) in [5.74, 6) is 0.188. The molecule has 27 aromatic rings. The molecule has 0 radical (unpaired) electrons. The zero-order chi connectivity index (χ0) is 98.5. The molecule has 0 N–H and O–H groups in total. The molecule has 150 heavy (non-hydrogen) atoms. The summed E-state index contributed by atoms with van der Waals surface area (Å²) in [6, 6.07) is 200. The lowest BCUT2D eigenvalue weighted by Gasteiger charge is -2.36. The normalized spacial score (nSPS) is 14.7. The van der Waals surface area contributed by atoms with Gasteiger partial charge in [-0.3, -0.25) is 0 Å². The summed E-state index contributed by atoms with van der Waals surface area (Å²) in [5, 5.41) is 9.33. The van der Waals surface area contributed by atoms with E-state index in [0.717, 1.165) is 83.4 Å². The first-order chi connectivity index (χ1) is 74.4. The van der Waals surface area contributed by atoms with E-state index in [2.05, 4.69) is 575 Å². The van der Waals surface area contributed by atoms with Crippen LogP contribution in [0.3, 0.4) is 0 Å². The number of fused-ring (bicyclic) bond motifs is 22. The maximum Gasteiger partial charge on any atom is 0.135 e. The molecule has 0 amide bonds. The van der Waals surface area contributed by atoms with Crippen molar-refractivity contribution in [2.24, 2.45) is 0 Å². The molecule has 23 aromatic carbocycles.